The van der Waals surface area contributed by atoms with Crippen molar-refractivity contribution < 1.29 is 4.79 Å². The first-order valence-corrected chi connectivity index (χ1v) is 7.68. The Morgan fingerprint density at radius 1 is 1.17 bits per heavy atom. The Morgan fingerprint density at radius 3 is 2.28 bits per heavy atom. The van der Waals surface area contributed by atoms with Crippen LogP contribution in [0.15, 0.2) is 0 Å². The van der Waals surface area contributed by atoms with Gasteiger partial charge in [0, 0.05) is 12.3 Å². The van der Waals surface area contributed by atoms with Crippen LogP contribution in [0.25, 0.3) is 0 Å². The van der Waals surface area contributed by atoms with E-state index in [2.05, 4.69) is 20.8 Å². The van der Waals surface area contributed by atoms with Crippen molar-refractivity contribution >= 4 is 5.78 Å². The Hall–Kier alpha value is -0.370. The predicted octanol–water partition coefficient (Wildman–Crippen LogP) is 3.93. The largest absolute Gasteiger partial charge is 0.330 e. The monoisotopic (exact) mass is 253 g/mol. The number of carbonyl (C=O) groups is 1. The maximum atomic E-state index is 12.2. The number of nitrogens with two attached hydrogens (primary N) is 1. The Morgan fingerprint density at radius 2 is 1.78 bits per heavy atom. The molecule has 1 aliphatic carbocycles. The smallest absolute Gasteiger partial charge is 0.135 e. The summed E-state index contributed by atoms with van der Waals surface area (Å²) >= 11 is 0. The van der Waals surface area contributed by atoms with Gasteiger partial charge in [-0.1, -0.05) is 40.0 Å². The highest BCUT2D eigenvalue weighted by atomic mass is 16.1. The zero-order valence-electron chi connectivity index (χ0n) is 12.5. The highest BCUT2D eigenvalue weighted by molar-refractivity contribution is 5.81. The summed E-state index contributed by atoms with van der Waals surface area (Å²) in [6, 6.07) is 0. The van der Waals surface area contributed by atoms with Gasteiger partial charge < -0.3 is 5.73 Å². The summed E-state index contributed by atoms with van der Waals surface area (Å²) in [4.78, 5) is 12.2. The van der Waals surface area contributed by atoms with Crippen LogP contribution in [0.5, 0.6) is 0 Å². The number of hydrogen-bond acceptors (Lipinski definition) is 2. The van der Waals surface area contributed by atoms with Crippen LogP contribution in [0.3, 0.4) is 0 Å². The third kappa shape index (κ3) is 5.09. The van der Waals surface area contributed by atoms with Crippen molar-refractivity contribution in [3.63, 3.8) is 0 Å². The van der Waals surface area contributed by atoms with Gasteiger partial charge in [0.25, 0.3) is 0 Å². The summed E-state index contributed by atoms with van der Waals surface area (Å²) in [5.74, 6) is 1.47. The minimum Gasteiger partial charge on any atom is -0.330 e. The normalized spacial score (nSPS) is 19.8. The number of carbonyl (C=O) groups excluding carboxylic acids is 1. The molecule has 0 spiro atoms. The molecule has 0 aromatic carbocycles. The van der Waals surface area contributed by atoms with Gasteiger partial charge in [0.15, 0.2) is 0 Å². The molecule has 0 heterocycles. The van der Waals surface area contributed by atoms with Gasteiger partial charge in [0.1, 0.15) is 5.78 Å². The fourth-order valence-corrected chi connectivity index (χ4v) is 3.16. The first kappa shape index (κ1) is 15.7. The van der Waals surface area contributed by atoms with E-state index in [9.17, 15) is 4.79 Å². The van der Waals surface area contributed by atoms with Crippen molar-refractivity contribution in [2.75, 3.05) is 6.54 Å². The molecule has 1 rings (SSSR count). The van der Waals surface area contributed by atoms with Gasteiger partial charge in [-0.25, -0.2) is 0 Å². The molecule has 2 heteroatoms. The molecule has 2 nitrogen and oxygen atoms in total. The van der Waals surface area contributed by atoms with Crippen molar-refractivity contribution in [2.24, 2.45) is 23.0 Å². The zero-order valence-corrected chi connectivity index (χ0v) is 12.5. The summed E-state index contributed by atoms with van der Waals surface area (Å²) in [6.45, 7) is 7.52. The van der Waals surface area contributed by atoms with Gasteiger partial charge >= 0.3 is 0 Å². The van der Waals surface area contributed by atoms with Gasteiger partial charge in [0.05, 0.1) is 0 Å². The topological polar surface area (TPSA) is 43.1 Å². The van der Waals surface area contributed by atoms with E-state index < -0.39 is 0 Å². The molecule has 0 aromatic rings. The molecule has 0 saturated heterocycles. The molecule has 106 valence electrons. The summed E-state index contributed by atoms with van der Waals surface area (Å²) in [7, 11) is 0. The van der Waals surface area contributed by atoms with Gasteiger partial charge in [-0.2, -0.15) is 0 Å². The molecule has 0 aromatic heterocycles. The molecule has 0 radical (unpaired) electrons. The fourth-order valence-electron chi connectivity index (χ4n) is 3.16. The average Bonchev–Trinajstić information content (AvgIpc) is 2.33. The second-order valence-corrected chi connectivity index (χ2v) is 6.98. The van der Waals surface area contributed by atoms with Crippen LogP contribution < -0.4 is 5.73 Å². The number of hydrogen-bond donors (Lipinski definition) is 1. The summed E-state index contributed by atoms with van der Waals surface area (Å²) in [5, 5.41) is 0. The first-order chi connectivity index (χ1) is 8.45. The van der Waals surface area contributed by atoms with Crippen LogP contribution in [0.1, 0.15) is 72.1 Å². The molecule has 0 amide bonds. The lowest BCUT2D eigenvalue weighted by molar-refractivity contribution is -0.124. The van der Waals surface area contributed by atoms with E-state index in [1.165, 1.54) is 19.3 Å². The lowest BCUT2D eigenvalue weighted by Crippen LogP contribution is -2.25. The van der Waals surface area contributed by atoms with Crippen LogP contribution >= 0.6 is 0 Å². The van der Waals surface area contributed by atoms with E-state index >= 15 is 0 Å². The van der Waals surface area contributed by atoms with Crippen molar-refractivity contribution in [3.8, 4) is 0 Å². The van der Waals surface area contributed by atoms with E-state index in [1.807, 2.05) is 0 Å². The molecular weight excluding hydrogens is 222 g/mol. The molecule has 1 atom stereocenters. The van der Waals surface area contributed by atoms with E-state index in [0.717, 1.165) is 38.6 Å². The summed E-state index contributed by atoms with van der Waals surface area (Å²) in [6.07, 6.45) is 8.93. The number of rotatable bonds is 6. The number of Topliss-reactive ketones (excluding diaryl/α,β-unsaturated/α-hetero) is 1. The van der Waals surface area contributed by atoms with E-state index in [-0.39, 0.29) is 5.41 Å². The minimum absolute atomic E-state index is 0.270. The maximum Gasteiger partial charge on any atom is 0.135 e. The van der Waals surface area contributed by atoms with Crippen LogP contribution in [0, 0.1) is 17.3 Å². The van der Waals surface area contributed by atoms with Crippen molar-refractivity contribution in [3.05, 3.63) is 0 Å². The molecule has 18 heavy (non-hydrogen) atoms. The van der Waals surface area contributed by atoms with Crippen LogP contribution in [0.4, 0.5) is 0 Å². The number of ketones is 1. The lowest BCUT2D eigenvalue weighted by atomic mass is 9.75. The molecule has 1 saturated carbocycles. The van der Waals surface area contributed by atoms with Gasteiger partial charge in [-0.3, -0.25) is 4.79 Å². The van der Waals surface area contributed by atoms with Crippen molar-refractivity contribution in [1.29, 1.82) is 0 Å². The quantitative estimate of drug-likeness (QED) is 0.779. The highest BCUT2D eigenvalue weighted by Crippen LogP contribution is 2.33. The zero-order chi connectivity index (χ0) is 13.6. The third-order valence-electron chi connectivity index (χ3n) is 4.54. The van der Waals surface area contributed by atoms with Gasteiger partial charge in [-0.05, 0) is 43.6 Å². The minimum atomic E-state index is 0.270. The third-order valence-corrected chi connectivity index (χ3v) is 4.54. The van der Waals surface area contributed by atoms with E-state index in [0.29, 0.717) is 17.6 Å². The first-order valence-electron chi connectivity index (χ1n) is 7.68. The Balaban J connectivity index is 2.38. The molecule has 0 bridgehead atoms. The Labute approximate surface area is 113 Å². The predicted molar refractivity (Wildman–Crippen MR) is 77.4 cm³/mol. The SMILES string of the molecule is CC(C)(C)C(CCN)CCC(=O)C1CCCCC1. The average molecular weight is 253 g/mol. The Kier molecular flexibility index (Phi) is 6.34. The van der Waals surface area contributed by atoms with E-state index in [4.69, 9.17) is 5.73 Å². The molecule has 2 N–H and O–H groups in total. The van der Waals surface area contributed by atoms with Crippen LogP contribution in [0.2, 0.25) is 0 Å². The van der Waals surface area contributed by atoms with Gasteiger partial charge in [-0.15, -0.1) is 0 Å². The standard InChI is InChI=1S/C16H31NO/c1-16(2,3)14(11-12-17)9-10-15(18)13-7-5-4-6-8-13/h13-14H,4-12,17H2,1-3H3. The summed E-state index contributed by atoms with van der Waals surface area (Å²) < 4.78 is 0. The molecule has 1 fully saturated rings. The molecular formula is C16H31NO. The molecule has 0 aliphatic heterocycles. The highest BCUT2D eigenvalue weighted by Gasteiger charge is 2.26. The van der Waals surface area contributed by atoms with Crippen molar-refractivity contribution in [1.82, 2.24) is 0 Å². The Bertz CT molecular complexity index is 248. The van der Waals surface area contributed by atoms with Crippen molar-refractivity contribution in [2.45, 2.75) is 72.1 Å². The second-order valence-electron chi connectivity index (χ2n) is 6.98. The molecule has 1 unspecified atom stereocenters. The van der Waals surface area contributed by atoms with Gasteiger partial charge in [0.2, 0.25) is 0 Å². The van der Waals surface area contributed by atoms with Crippen LogP contribution in [-0.2, 0) is 4.79 Å². The summed E-state index contributed by atoms with van der Waals surface area (Å²) in [5.41, 5.74) is 5.96. The second kappa shape index (κ2) is 7.28. The maximum absolute atomic E-state index is 12.2. The molecule has 1 aliphatic rings. The van der Waals surface area contributed by atoms with E-state index in [1.54, 1.807) is 0 Å². The fraction of sp³-hybridized carbons (Fsp3) is 0.938. The lowest BCUT2D eigenvalue weighted by Gasteiger charge is -2.31. The van der Waals surface area contributed by atoms with Crippen LogP contribution in [-0.4, -0.2) is 12.3 Å².